The highest BCUT2D eigenvalue weighted by Crippen LogP contribution is 2.16. The Morgan fingerprint density at radius 2 is 1.57 bits per heavy atom. The average molecular weight is 327 g/mol. The molecule has 1 fully saturated rings. The predicted molar refractivity (Wildman–Crippen MR) is 88.1 cm³/mol. The van der Waals surface area contributed by atoms with Crippen LogP contribution in [0.4, 0.5) is 4.79 Å². The first-order chi connectivity index (χ1) is 10.7. The molecule has 0 aromatic heterocycles. The minimum absolute atomic E-state index is 0.0790. The van der Waals surface area contributed by atoms with Crippen molar-refractivity contribution >= 4 is 17.8 Å². The first kappa shape index (κ1) is 19.4. The first-order valence-electron chi connectivity index (χ1n) is 8.38. The third-order valence-electron chi connectivity index (χ3n) is 3.63. The van der Waals surface area contributed by atoms with Crippen LogP contribution in [0.3, 0.4) is 0 Å². The van der Waals surface area contributed by atoms with Crippen LogP contribution in [0.2, 0.25) is 0 Å². The second-order valence-corrected chi connectivity index (χ2v) is 7.47. The molecular formula is C16H31N4O3+. The summed E-state index contributed by atoms with van der Waals surface area (Å²) in [4.78, 5) is 36.2. The third kappa shape index (κ3) is 9.18. The molecule has 0 aromatic carbocycles. The molecule has 0 aliphatic heterocycles. The Morgan fingerprint density at radius 1 is 1.00 bits per heavy atom. The Bertz CT molecular complexity index is 426. The van der Waals surface area contributed by atoms with Crippen LogP contribution in [0.5, 0.6) is 0 Å². The van der Waals surface area contributed by atoms with E-state index in [4.69, 9.17) is 0 Å². The molecular weight excluding hydrogens is 296 g/mol. The number of amides is 4. The maximum absolute atomic E-state index is 11.8. The second-order valence-electron chi connectivity index (χ2n) is 7.47. The number of hydrogen-bond donors (Lipinski definition) is 4. The van der Waals surface area contributed by atoms with Crippen molar-refractivity contribution in [2.24, 2.45) is 0 Å². The molecule has 7 nitrogen and oxygen atoms in total. The van der Waals surface area contributed by atoms with E-state index in [1.807, 2.05) is 20.8 Å². The number of quaternary nitrogens is 1. The van der Waals surface area contributed by atoms with E-state index in [-0.39, 0.29) is 36.5 Å². The van der Waals surface area contributed by atoms with Crippen molar-refractivity contribution in [2.75, 3.05) is 20.1 Å². The molecule has 0 bridgehead atoms. The van der Waals surface area contributed by atoms with Gasteiger partial charge < -0.3 is 15.5 Å². The highest BCUT2D eigenvalue weighted by Gasteiger charge is 2.21. The van der Waals surface area contributed by atoms with Crippen LogP contribution in [0.15, 0.2) is 0 Å². The SMILES string of the molecule is C[NH+](CC(=O)NC(=O)NC1CCCCC1)CC(=O)NC(C)(C)C. The van der Waals surface area contributed by atoms with Crippen LogP contribution in [0, 0.1) is 0 Å². The fourth-order valence-corrected chi connectivity index (χ4v) is 2.71. The van der Waals surface area contributed by atoms with Crippen LogP contribution in [-0.2, 0) is 9.59 Å². The van der Waals surface area contributed by atoms with Crippen molar-refractivity contribution < 1.29 is 19.3 Å². The quantitative estimate of drug-likeness (QED) is 0.552. The predicted octanol–water partition coefficient (Wildman–Crippen LogP) is -0.426. The Hall–Kier alpha value is -1.63. The number of carbonyl (C=O) groups is 3. The Balaban J connectivity index is 2.26. The van der Waals surface area contributed by atoms with Crippen LogP contribution < -0.4 is 20.9 Å². The Morgan fingerprint density at radius 3 is 2.13 bits per heavy atom. The van der Waals surface area contributed by atoms with Crippen molar-refractivity contribution in [3.63, 3.8) is 0 Å². The van der Waals surface area contributed by atoms with Gasteiger partial charge in [0.2, 0.25) is 0 Å². The summed E-state index contributed by atoms with van der Waals surface area (Å²) in [5.41, 5.74) is -0.292. The Kier molecular flexibility index (Phi) is 7.48. The second kappa shape index (κ2) is 8.86. The standard InChI is InChI=1S/C16H30N4O3/c1-16(2,3)19-14(22)11-20(4)10-13(21)18-15(23)17-12-8-6-5-7-9-12/h12H,5-11H2,1-4H3,(H,19,22)(H2,17,18,21,23)/p+1. The van der Waals surface area contributed by atoms with E-state index in [0.717, 1.165) is 30.6 Å². The number of hydrogen-bond acceptors (Lipinski definition) is 3. The average Bonchev–Trinajstić information content (AvgIpc) is 2.36. The molecule has 0 radical (unpaired) electrons. The van der Waals surface area contributed by atoms with Crippen molar-refractivity contribution in [3.8, 4) is 0 Å². The van der Waals surface area contributed by atoms with Crippen LogP contribution in [0.1, 0.15) is 52.9 Å². The van der Waals surface area contributed by atoms with E-state index in [1.165, 1.54) is 6.42 Å². The van der Waals surface area contributed by atoms with E-state index in [1.54, 1.807) is 7.05 Å². The van der Waals surface area contributed by atoms with Gasteiger partial charge in [-0.3, -0.25) is 14.9 Å². The zero-order valence-corrected chi connectivity index (χ0v) is 14.8. The number of urea groups is 1. The zero-order valence-electron chi connectivity index (χ0n) is 14.8. The lowest BCUT2D eigenvalue weighted by molar-refractivity contribution is -0.862. The monoisotopic (exact) mass is 327 g/mol. The molecule has 1 rings (SSSR count). The number of imide groups is 1. The number of rotatable bonds is 5. The normalized spacial score (nSPS) is 17.2. The van der Waals surface area contributed by atoms with Crippen molar-refractivity contribution in [1.29, 1.82) is 0 Å². The van der Waals surface area contributed by atoms with Crippen molar-refractivity contribution in [1.82, 2.24) is 16.0 Å². The summed E-state index contributed by atoms with van der Waals surface area (Å²) in [5, 5.41) is 8.02. The lowest BCUT2D eigenvalue weighted by atomic mass is 9.96. The third-order valence-corrected chi connectivity index (χ3v) is 3.63. The van der Waals surface area contributed by atoms with Gasteiger partial charge in [0.15, 0.2) is 13.1 Å². The van der Waals surface area contributed by atoms with Crippen LogP contribution in [-0.4, -0.2) is 49.6 Å². The summed E-state index contributed by atoms with van der Waals surface area (Å²) in [6, 6.07) is -0.270. The van der Waals surface area contributed by atoms with Gasteiger partial charge in [-0.1, -0.05) is 19.3 Å². The zero-order chi connectivity index (χ0) is 17.5. The summed E-state index contributed by atoms with van der Waals surface area (Å²) in [5.74, 6) is -0.492. The molecule has 0 aromatic rings. The maximum atomic E-state index is 11.8. The van der Waals surface area contributed by atoms with Crippen LogP contribution >= 0.6 is 0 Å². The highest BCUT2D eigenvalue weighted by molar-refractivity contribution is 5.94. The van der Waals surface area contributed by atoms with E-state index < -0.39 is 6.03 Å². The molecule has 0 spiro atoms. The number of carbonyl (C=O) groups excluding carboxylic acids is 3. The molecule has 4 N–H and O–H groups in total. The molecule has 7 heteroatoms. The van der Waals surface area contributed by atoms with E-state index in [9.17, 15) is 14.4 Å². The summed E-state index contributed by atoms with van der Waals surface area (Å²) >= 11 is 0. The van der Waals surface area contributed by atoms with Gasteiger partial charge in [0.25, 0.3) is 11.8 Å². The fraction of sp³-hybridized carbons (Fsp3) is 0.812. The summed E-state index contributed by atoms with van der Waals surface area (Å²) in [6.07, 6.45) is 5.40. The largest absolute Gasteiger partial charge is 0.347 e. The smallest absolute Gasteiger partial charge is 0.321 e. The number of nitrogens with one attached hydrogen (secondary N) is 4. The van der Waals surface area contributed by atoms with E-state index in [0.29, 0.717) is 0 Å². The van der Waals surface area contributed by atoms with Gasteiger partial charge in [-0.15, -0.1) is 0 Å². The van der Waals surface area contributed by atoms with Gasteiger partial charge >= 0.3 is 6.03 Å². The summed E-state index contributed by atoms with van der Waals surface area (Å²) in [7, 11) is 1.75. The molecule has 1 aliphatic carbocycles. The van der Waals surface area contributed by atoms with Gasteiger partial charge in [-0.25, -0.2) is 4.79 Å². The lowest BCUT2D eigenvalue weighted by Gasteiger charge is -2.23. The van der Waals surface area contributed by atoms with E-state index >= 15 is 0 Å². The number of likely N-dealkylation sites (N-methyl/N-ethyl adjacent to an activating group) is 1. The topological polar surface area (TPSA) is 91.7 Å². The fourth-order valence-electron chi connectivity index (χ4n) is 2.71. The minimum Gasteiger partial charge on any atom is -0.347 e. The van der Waals surface area contributed by atoms with Crippen LogP contribution in [0.25, 0.3) is 0 Å². The minimum atomic E-state index is -0.436. The molecule has 0 heterocycles. The van der Waals surface area contributed by atoms with Gasteiger partial charge in [-0.2, -0.15) is 0 Å². The maximum Gasteiger partial charge on any atom is 0.321 e. The lowest BCUT2D eigenvalue weighted by Crippen LogP contribution is -3.11. The molecule has 1 unspecified atom stereocenters. The highest BCUT2D eigenvalue weighted by atomic mass is 16.2. The molecule has 0 saturated heterocycles. The van der Waals surface area contributed by atoms with Gasteiger partial charge in [0, 0.05) is 11.6 Å². The van der Waals surface area contributed by atoms with Gasteiger partial charge in [-0.05, 0) is 33.6 Å². The molecule has 1 aliphatic rings. The summed E-state index contributed by atoms with van der Waals surface area (Å²) in [6.45, 7) is 5.98. The molecule has 132 valence electrons. The first-order valence-corrected chi connectivity index (χ1v) is 8.38. The van der Waals surface area contributed by atoms with Gasteiger partial charge in [0.05, 0.1) is 7.05 Å². The molecule has 4 amide bonds. The Labute approximate surface area is 138 Å². The summed E-state index contributed by atoms with van der Waals surface area (Å²) < 4.78 is 0. The molecule has 23 heavy (non-hydrogen) atoms. The van der Waals surface area contributed by atoms with Crippen molar-refractivity contribution in [3.05, 3.63) is 0 Å². The van der Waals surface area contributed by atoms with E-state index in [2.05, 4.69) is 16.0 Å². The van der Waals surface area contributed by atoms with Crippen molar-refractivity contribution in [2.45, 2.75) is 64.5 Å². The molecule has 1 saturated carbocycles. The molecule has 1 atom stereocenters. The van der Waals surface area contributed by atoms with Gasteiger partial charge in [0.1, 0.15) is 0 Å².